The molecule has 0 saturated heterocycles. The summed E-state index contributed by atoms with van der Waals surface area (Å²) in [6.45, 7) is 0. The molecule has 1 heterocycles. The summed E-state index contributed by atoms with van der Waals surface area (Å²) in [5.74, 6) is 0.200. The number of nitro groups is 1. The maximum absolute atomic E-state index is 10.9. The van der Waals surface area contributed by atoms with Crippen LogP contribution in [0.25, 0.3) is 0 Å². The number of hydrogen-bond acceptors (Lipinski definition) is 9. The van der Waals surface area contributed by atoms with E-state index >= 15 is 0 Å². The van der Waals surface area contributed by atoms with E-state index in [1.807, 2.05) is 0 Å². The number of rotatable bonds is 8. The summed E-state index contributed by atoms with van der Waals surface area (Å²) in [6, 6.07) is 2.73. The predicted molar refractivity (Wildman–Crippen MR) is 77.4 cm³/mol. The lowest BCUT2D eigenvalue weighted by molar-refractivity contribution is -0.385. The van der Waals surface area contributed by atoms with Gasteiger partial charge in [-0.15, -0.1) is 0 Å². The first-order valence-electron chi connectivity index (χ1n) is 5.44. The average molecular weight is 356 g/mol. The zero-order valence-electron chi connectivity index (χ0n) is 10.4. The molecule has 12 heteroatoms. The summed E-state index contributed by atoms with van der Waals surface area (Å²) >= 11 is 0. The van der Waals surface area contributed by atoms with Crippen LogP contribution in [-0.2, 0) is 10.1 Å². The van der Waals surface area contributed by atoms with Crippen molar-refractivity contribution in [2.45, 2.75) is 23.0 Å². The van der Waals surface area contributed by atoms with Gasteiger partial charge < -0.3 is 10.2 Å². The van der Waals surface area contributed by atoms with Crippen molar-refractivity contribution in [3.8, 4) is 0 Å². The average Bonchev–Trinajstić information content (AvgIpc) is 2.37. The molecule has 9 nitrogen and oxygen atoms in total. The van der Waals surface area contributed by atoms with Crippen molar-refractivity contribution in [2.75, 3.05) is 5.75 Å². The fourth-order valence-corrected chi connectivity index (χ4v) is 4.09. The Balaban J connectivity index is 2.45. The van der Waals surface area contributed by atoms with Gasteiger partial charge in [0, 0.05) is 11.8 Å². The molecular weight excluding hydrogens is 344 g/mol. The molecule has 0 bridgehead atoms. The number of nitrogens with zero attached hydrogens (tertiary/aromatic N) is 2. The summed E-state index contributed by atoms with van der Waals surface area (Å²) in [6.07, 6.45) is -1.23. The molecule has 0 spiro atoms. The molecule has 0 aromatic carbocycles. The third kappa shape index (κ3) is 6.15. The lowest BCUT2D eigenvalue weighted by Gasteiger charge is -2.14. The van der Waals surface area contributed by atoms with E-state index in [4.69, 9.17) is 14.8 Å². The molecule has 0 radical (unpaired) electrons. The Kier molecular flexibility index (Phi) is 6.83. The molecule has 0 fully saturated rings. The first kappa shape index (κ1) is 18.1. The van der Waals surface area contributed by atoms with Crippen molar-refractivity contribution in [3.63, 3.8) is 0 Å². The smallest absolute Gasteiger partial charge is 0.287 e. The number of pyridine rings is 1. The molecule has 21 heavy (non-hydrogen) atoms. The van der Waals surface area contributed by atoms with E-state index < -0.39 is 26.6 Å². The monoisotopic (exact) mass is 356 g/mol. The third-order valence-corrected chi connectivity index (χ3v) is 5.82. The maximum atomic E-state index is 10.9. The summed E-state index contributed by atoms with van der Waals surface area (Å²) in [7, 11) is -2.22. The lowest BCUT2D eigenvalue weighted by atomic mass is 10.3. The van der Waals surface area contributed by atoms with Crippen molar-refractivity contribution in [1.82, 2.24) is 4.98 Å². The van der Waals surface area contributed by atoms with Gasteiger partial charge in [-0.3, -0.25) is 14.7 Å². The van der Waals surface area contributed by atoms with E-state index in [9.17, 15) is 18.5 Å². The van der Waals surface area contributed by atoms with E-state index in [1.54, 1.807) is 0 Å². The van der Waals surface area contributed by atoms with Gasteiger partial charge in [0.2, 0.25) is 0 Å². The van der Waals surface area contributed by atoms with E-state index in [2.05, 4.69) is 4.98 Å². The van der Waals surface area contributed by atoms with Crippen LogP contribution < -0.4 is 0 Å². The normalized spacial score (nSPS) is 13.3. The van der Waals surface area contributed by atoms with Crippen LogP contribution in [0.1, 0.15) is 6.42 Å². The summed E-state index contributed by atoms with van der Waals surface area (Å²) in [4.78, 5) is 13.7. The van der Waals surface area contributed by atoms with Gasteiger partial charge in [-0.2, -0.15) is 8.42 Å². The molecule has 0 aliphatic rings. The fraction of sp³-hybridized carbons (Fsp3) is 0.444. The Hall–Kier alpha value is -0.920. The van der Waals surface area contributed by atoms with Gasteiger partial charge in [0.25, 0.3) is 15.8 Å². The van der Waals surface area contributed by atoms with Crippen LogP contribution in [0.5, 0.6) is 0 Å². The zero-order valence-corrected chi connectivity index (χ0v) is 12.8. The molecule has 118 valence electrons. The summed E-state index contributed by atoms with van der Waals surface area (Å²) in [5, 5.41) is 27.0. The Morgan fingerprint density at radius 3 is 2.48 bits per heavy atom. The van der Waals surface area contributed by atoms with Crippen LogP contribution in [0.2, 0.25) is 0 Å². The first-order valence-corrected chi connectivity index (χ1v) is 9.26. The zero-order chi connectivity index (χ0) is 16.0. The quantitative estimate of drug-likeness (QED) is 0.151. The minimum Gasteiger partial charge on any atom is -0.367 e. The van der Waals surface area contributed by atoms with Gasteiger partial charge in [0.15, 0.2) is 6.29 Å². The minimum absolute atomic E-state index is 0.140. The molecule has 1 aromatic heterocycles. The van der Waals surface area contributed by atoms with E-state index in [-0.39, 0.29) is 17.9 Å². The van der Waals surface area contributed by atoms with Crippen molar-refractivity contribution in [3.05, 3.63) is 28.4 Å². The number of aliphatic hydroxyl groups excluding tert-OH is 1. The maximum Gasteiger partial charge on any atom is 0.287 e. The van der Waals surface area contributed by atoms with Gasteiger partial charge in [-0.1, -0.05) is 10.8 Å². The number of hydrogen-bond donors (Lipinski definition) is 3. The first-order chi connectivity index (χ1) is 9.71. The van der Waals surface area contributed by atoms with Crippen molar-refractivity contribution in [2.24, 2.45) is 0 Å². The third-order valence-electron chi connectivity index (χ3n) is 2.28. The van der Waals surface area contributed by atoms with Gasteiger partial charge >= 0.3 is 0 Å². The molecule has 3 N–H and O–H groups in total. The standard InChI is InChI=1S/C9H12N2O7S3/c12-9(13)7(21(16,17)18)3-4-19-20-8-2-1-6(5-10-8)11(14)15/h1-2,5,7,9,12-13H,3-4H2,(H,16,17,18). The fourth-order valence-electron chi connectivity index (χ4n) is 1.25. The predicted octanol–water partition coefficient (Wildman–Crippen LogP) is 0.687. The summed E-state index contributed by atoms with van der Waals surface area (Å²) < 4.78 is 30.6. The number of aromatic nitrogens is 1. The van der Waals surface area contributed by atoms with Crippen LogP contribution in [0.15, 0.2) is 23.4 Å². The molecule has 0 saturated carbocycles. The molecule has 0 aliphatic heterocycles. The number of aliphatic hydroxyl groups is 2. The lowest BCUT2D eigenvalue weighted by Crippen LogP contribution is -2.34. The molecular formula is C9H12N2O7S3. The van der Waals surface area contributed by atoms with Crippen molar-refractivity contribution in [1.29, 1.82) is 0 Å². The highest BCUT2D eigenvalue weighted by Crippen LogP contribution is 2.31. The molecule has 1 unspecified atom stereocenters. The van der Waals surface area contributed by atoms with Gasteiger partial charge in [-0.25, -0.2) is 4.98 Å². The Morgan fingerprint density at radius 1 is 1.38 bits per heavy atom. The van der Waals surface area contributed by atoms with Gasteiger partial charge in [0.05, 0.1) is 4.92 Å². The minimum atomic E-state index is -4.54. The molecule has 1 rings (SSSR count). The van der Waals surface area contributed by atoms with Crippen molar-refractivity contribution >= 4 is 37.4 Å². The largest absolute Gasteiger partial charge is 0.367 e. The van der Waals surface area contributed by atoms with E-state index in [1.165, 1.54) is 22.9 Å². The molecule has 0 amide bonds. The SMILES string of the molecule is O=[N+]([O-])c1ccc(SSCCC(C(O)O)S(=O)(=O)O)nc1. The van der Waals surface area contributed by atoms with E-state index in [0.717, 1.165) is 17.0 Å². The molecule has 1 atom stereocenters. The van der Waals surface area contributed by atoms with Crippen LogP contribution in [-0.4, -0.2) is 50.4 Å². The summed E-state index contributed by atoms with van der Waals surface area (Å²) in [5.41, 5.74) is -0.140. The van der Waals surface area contributed by atoms with Crippen molar-refractivity contribution < 1.29 is 28.1 Å². The molecule has 1 aromatic rings. The Labute approximate surface area is 128 Å². The van der Waals surface area contributed by atoms with Crippen LogP contribution in [0.3, 0.4) is 0 Å². The van der Waals surface area contributed by atoms with Crippen LogP contribution in [0.4, 0.5) is 5.69 Å². The second kappa shape index (κ2) is 7.91. The van der Waals surface area contributed by atoms with E-state index in [0.29, 0.717) is 5.03 Å². The highest BCUT2D eigenvalue weighted by Gasteiger charge is 2.29. The second-order valence-corrected chi connectivity index (χ2v) is 7.84. The van der Waals surface area contributed by atoms with Crippen LogP contribution >= 0.6 is 21.6 Å². The van der Waals surface area contributed by atoms with Crippen LogP contribution in [0, 0.1) is 10.1 Å². The van der Waals surface area contributed by atoms with Gasteiger partial charge in [-0.05, 0) is 23.3 Å². The second-order valence-electron chi connectivity index (χ2n) is 3.77. The van der Waals surface area contributed by atoms with Gasteiger partial charge in [0.1, 0.15) is 16.5 Å². The topological polar surface area (TPSA) is 151 Å². The Bertz CT molecular complexity index is 576. The highest BCUT2D eigenvalue weighted by molar-refractivity contribution is 8.76. The Morgan fingerprint density at radius 2 is 2.05 bits per heavy atom. The molecule has 0 aliphatic carbocycles. The highest BCUT2D eigenvalue weighted by atomic mass is 33.1.